The highest BCUT2D eigenvalue weighted by Gasteiger charge is 2.10. The zero-order chi connectivity index (χ0) is 17.8. The van der Waals surface area contributed by atoms with Crippen LogP contribution in [0.15, 0.2) is 68.5 Å². The summed E-state index contributed by atoms with van der Waals surface area (Å²) in [4.78, 5) is 5.47. The normalized spacial score (nSPS) is 12.4. The fourth-order valence-electron chi connectivity index (χ4n) is 2.25. The quantitative estimate of drug-likeness (QED) is 0.514. The van der Waals surface area contributed by atoms with E-state index in [1.165, 1.54) is 12.1 Å². The highest BCUT2D eigenvalue weighted by molar-refractivity contribution is 9.10. The van der Waals surface area contributed by atoms with E-state index < -0.39 is 0 Å². The van der Waals surface area contributed by atoms with Crippen LogP contribution in [-0.2, 0) is 0 Å². The molecule has 0 aliphatic carbocycles. The number of rotatable bonds is 4. The zero-order valence-corrected chi connectivity index (χ0v) is 16.3. The Morgan fingerprint density at radius 2 is 1.84 bits per heavy atom. The van der Waals surface area contributed by atoms with Gasteiger partial charge < -0.3 is 0 Å². The topological polar surface area (TPSA) is 29.6 Å². The summed E-state index contributed by atoms with van der Waals surface area (Å²) in [5.74, 6) is -0.260. The largest absolute Gasteiger partial charge is 0.255 e. The number of nitrogens with zero attached hydrogens (tertiary/aromatic N) is 3. The monoisotopic (exact) mass is 417 g/mol. The zero-order valence-electron chi connectivity index (χ0n) is 13.9. The average Bonchev–Trinajstić information content (AvgIpc) is 2.96. The summed E-state index contributed by atoms with van der Waals surface area (Å²) in [5.41, 5.74) is 2.82. The molecule has 0 saturated carbocycles. The van der Waals surface area contributed by atoms with Gasteiger partial charge in [0.25, 0.3) is 0 Å². The van der Waals surface area contributed by atoms with Gasteiger partial charge in [-0.05, 0) is 37.6 Å². The molecule has 0 fully saturated rings. The predicted molar refractivity (Wildman–Crippen MR) is 106 cm³/mol. The second-order valence-corrected chi connectivity index (χ2v) is 7.41. The van der Waals surface area contributed by atoms with Crippen molar-refractivity contribution in [2.45, 2.75) is 19.9 Å². The Kier molecular flexibility index (Phi) is 5.60. The molecule has 3 rings (SSSR count). The average molecular weight is 418 g/mol. The molecule has 0 aliphatic rings. The Bertz CT molecular complexity index is 955. The van der Waals surface area contributed by atoms with E-state index in [-0.39, 0.29) is 11.9 Å². The van der Waals surface area contributed by atoms with Crippen LogP contribution in [0.1, 0.15) is 19.4 Å². The molecule has 0 spiro atoms. The molecule has 0 unspecified atom stereocenters. The molecule has 2 aromatic carbocycles. The fraction of sp³-hybridized carbons (Fsp3) is 0.158. The molecule has 0 saturated heterocycles. The third-order valence-electron chi connectivity index (χ3n) is 3.40. The van der Waals surface area contributed by atoms with E-state index in [0.29, 0.717) is 0 Å². The number of hydrogen-bond donors (Lipinski definition) is 0. The van der Waals surface area contributed by atoms with Crippen molar-refractivity contribution in [3.05, 3.63) is 74.6 Å². The third kappa shape index (κ3) is 4.32. The molecule has 0 atom stereocenters. The van der Waals surface area contributed by atoms with Crippen LogP contribution in [0.4, 0.5) is 4.39 Å². The molecule has 0 N–H and O–H groups in total. The molecule has 0 bridgehead atoms. The number of thiazole rings is 1. The van der Waals surface area contributed by atoms with Crippen molar-refractivity contribution in [1.82, 2.24) is 4.68 Å². The van der Waals surface area contributed by atoms with E-state index in [1.807, 2.05) is 48.2 Å². The molecule has 3 aromatic rings. The first-order valence-corrected chi connectivity index (χ1v) is 9.51. The van der Waals surface area contributed by atoms with Crippen molar-refractivity contribution in [3.63, 3.8) is 0 Å². The first-order valence-electron chi connectivity index (χ1n) is 7.84. The van der Waals surface area contributed by atoms with Crippen molar-refractivity contribution < 1.29 is 4.39 Å². The van der Waals surface area contributed by atoms with E-state index >= 15 is 0 Å². The number of aromatic nitrogens is 1. The summed E-state index contributed by atoms with van der Waals surface area (Å²) in [5, 5.41) is 6.65. The lowest BCUT2D eigenvalue weighted by atomic mass is 10.2. The smallest absolute Gasteiger partial charge is 0.206 e. The van der Waals surface area contributed by atoms with E-state index in [1.54, 1.807) is 29.7 Å². The molecule has 3 nitrogen and oxygen atoms in total. The van der Waals surface area contributed by atoms with Gasteiger partial charge in [-0.2, -0.15) is 5.10 Å². The van der Waals surface area contributed by atoms with Crippen LogP contribution in [0.5, 0.6) is 0 Å². The van der Waals surface area contributed by atoms with Crippen molar-refractivity contribution in [3.8, 4) is 11.3 Å². The van der Waals surface area contributed by atoms with Gasteiger partial charge in [0.15, 0.2) is 0 Å². The Labute approximate surface area is 158 Å². The van der Waals surface area contributed by atoms with Gasteiger partial charge in [0.2, 0.25) is 4.80 Å². The summed E-state index contributed by atoms with van der Waals surface area (Å²) in [6, 6.07) is 14.4. The van der Waals surface area contributed by atoms with E-state index in [0.717, 1.165) is 26.1 Å². The van der Waals surface area contributed by atoms with Gasteiger partial charge in [0.1, 0.15) is 5.82 Å². The molecule has 128 valence electrons. The Hall–Kier alpha value is -2.05. The van der Waals surface area contributed by atoms with Gasteiger partial charge >= 0.3 is 0 Å². The van der Waals surface area contributed by atoms with E-state index in [2.05, 4.69) is 26.0 Å². The van der Waals surface area contributed by atoms with Crippen molar-refractivity contribution >= 4 is 33.5 Å². The molecule has 6 heteroatoms. The van der Waals surface area contributed by atoms with Crippen LogP contribution >= 0.6 is 27.3 Å². The van der Waals surface area contributed by atoms with Crippen molar-refractivity contribution in [1.29, 1.82) is 0 Å². The van der Waals surface area contributed by atoms with Gasteiger partial charge in [-0.25, -0.2) is 9.07 Å². The highest BCUT2D eigenvalue weighted by atomic mass is 79.9. The lowest BCUT2D eigenvalue weighted by Crippen LogP contribution is -2.14. The number of hydrogen-bond acceptors (Lipinski definition) is 3. The van der Waals surface area contributed by atoms with E-state index in [9.17, 15) is 4.39 Å². The van der Waals surface area contributed by atoms with Gasteiger partial charge in [-0.3, -0.25) is 4.99 Å². The molecule has 0 aliphatic heterocycles. The minimum atomic E-state index is -0.260. The van der Waals surface area contributed by atoms with Crippen LogP contribution in [0.25, 0.3) is 11.3 Å². The maximum atomic E-state index is 13.1. The van der Waals surface area contributed by atoms with Crippen LogP contribution in [-0.4, -0.2) is 16.9 Å². The number of halogens is 2. The minimum absolute atomic E-state index is 0.165. The minimum Gasteiger partial charge on any atom is -0.255 e. The standard InChI is InChI=1S/C19H17BrFN3S/c1-13(2)23-19-24(22-11-14-7-9-15(21)10-8-14)18(12-25-19)16-5-3-4-6-17(16)20/h3-13H,1-2H3. The Morgan fingerprint density at radius 1 is 1.12 bits per heavy atom. The van der Waals surface area contributed by atoms with Crippen molar-refractivity contribution in [2.24, 2.45) is 10.1 Å². The Morgan fingerprint density at radius 3 is 2.52 bits per heavy atom. The summed E-state index contributed by atoms with van der Waals surface area (Å²) < 4.78 is 15.9. The summed E-state index contributed by atoms with van der Waals surface area (Å²) in [6.07, 6.45) is 1.71. The van der Waals surface area contributed by atoms with E-state index in [4.69, 9.17) is 0 Å². The van der Waals surface area contributed by atoms with Crippen LogP contribution in [0.2, 0.25) is 0 Å². The first-order chi connectivity index (χ1) is 12.0. The Balaban J connectivity index is 2.11. The highest BCUT2D eigenvalue weighted by Crippen LogP contribution is 2.28. The predicted octanol–water partition coefficient (Wildman–Crippen LogP) is 5.31. The number of benzene rings is 2. The lowest BCUT2D eigenvalue weighted by Gasteiger charge is -2.06. The molecule has 0 radical (unpaired) electrons. The van der Waals surface area contributed by atoms with Gasteiger partial charge in [0.05, 0.1) is 11.9 Å². The first kappa shape index (κ1) is 17.8. The van der Waals surface area contributed by atoms with Crippen molar-refractivity contribution in [2.75, 3.05) is 0 Å². The molecule has 1 heterocycles. The maximum Gasteiger partial charge on any atom is 0.206 e. The van der Waals surface area contributed by atoms with Crippen LogP contribution in [0, 0.1) is 5.82 Å². The summed E-state index contributed by atoms with van der Waals surface area (Å²) in [7, 11) is 0. The summed E-state index contributed by atoms with van der Waals surface area (Å²) >= 11 is 5.15. The van der Waals surface area contributed by atoms with Gasteiger partial charge in [-0.1, -0.05) is 46.3 Å². The molecule has 25 heavy (non-hydrogen) atoms. The lowest BCUT2D eigenvalue weighted by molar-refractivity contribution is 0.628. The fourth-order valence-corrected chi connectivity index (χ4v) is 3.70. The summed E-state index contributed by atoms with van der Waals surface area (Å²) in [6.45, 7) is 4.07. The third-order valence-corrected chi connectivity index (χ3v) is 4.92. The SMILES string of the molecule is CC(C)N=c1scc(-c2ccccc2Br)n1N=Cc1ccc(F)cc1. The molecular formula is C19H17BrFN3S. The van der Waals surface area contributed by atoms with Gasteiger partial charge in [-0.15, -0.1) is 11.3 Å². The second-order valence-electron chi connectivity index (χ2n) is 5.71. The molecule has 0 amide bonds. The van der Waals surface area contributed by atoms with Crippen LogP contribution in [0.3, 0.4) is 0 Å². The van der Waals surface area contributed by atoms with Crippen LogP contribution < -0.4 is 4.80 Å². The van der Waals surface area contributed by atoms with Gasteiger partial charge in [0, 0.05) is 21.5 Å². The maximum absolute atomic E-state index is 13.1. The molecular weight excluding hydrogens is 401 g/mol. The second kappa shape index (κ2) is 7.89. The molecule has 1 aromatic heterocycles.